The highest BCUT2D eigenvalue weighted by atomic mass is 32.2. The van der Waals surface area contributed by atoms with Crippen LogP contribution in [-0.4, -0.2) is 32.4 Å². The topological polar surface area (TPSA) is 49.4 Å². The quantitative estimate of drug-likeness (QED) is 0.777. The van der Waals surface area contributed by atoms with Gasteiger partial charge in [0.1, 0.15) is 0 Å². The Kier molecular flexibility index (Phi) is 6.21. The molecule has 20 heavy (non-hydrogen) atoms. The minimum Gasteiger partial charge on any atom is -0.310 e. The van der Waals surface area contributed by atoms with E-state index in [4.69, 9.17) is 6.42 Å². The Hall–Kier alpha value is -1.35. The molecule has 1 aromatic rings. The monoisotopic (exact) mass is 294 g/mol. The lowest BCUT2D eigenvalue weighted by Gasteiger charge is -2.14. The number of sulfonamides is 1. The molecular formula is C15H22N2O2S. The highest BCUT2D eigenvalue weighted by molar-refractivity contribution is 7.88. The van der Waals surface area contributed by atoms with Crippen molar-refractivity contribution in [2.45, 2.75) is 32.2 Å². The van der Waals surface area contributed by atoms with E-state index >= 15 is 0 Å². The van der Waals surface area contributed by atoms with Crippen molar-refractivity contribution < 1.29 is 8.42 Å². The summed E-state index contributed by atoms with van der Waals surface area (Å²) in [7, 11) is -1.84. The van der Waals surface area contributed by atoms with E-state index in [9.17, 15) is 8.42 Å². The summed E-state index contributed by atoms with van der Waals surface area (Å²) in [6.07, 6.45) is 5.13. The van der Waals surface area contributed by atoms with Gasteiger partial charge in [-0.15, -0.1) is 6.42 Å². The van der Waals surface area contributed by atoms with Gasteiger partial charge in [0.2, 0.25) is 10.0 Å². The minimum absolute atomic E-state index is 0.0247. The molecule has 0 aliphatic carbocycles. The summed E-state index contributed by atoms with van der Waals surface area (Å²) >= 11 is 0. The fourth-order valence-corrected chi connectivity index (χ4v) is 2.73. The molecule has 0 amide bonds. The molecule has 0 radical (unpaired) electrons. The van der Waals surface area contributed by atoms with Crippen LogP contribution in [0.4, 0.5) is 0 Å². The van der Waals surface area contributed by atoms with Gasteiger partial charge in [-0.25, -0.2) is 8.42 Å². The molecule has 0 heterocycles. The van der Waals surface area contributed by atoms with E-state index in [-0.39, 0.29) is 12.3 Å². The largest absolute Gasteiger partial charge is 0.310 e. The summed E-state index contributed by atoms with van der Waals surface area (Å²) in [4.78, 5) is 0. The SMILES string of the molecule is C#CCN(C)S(=O)(=O)Cc1ccc(CNC(C)C)cc1. The second-order valence-electron chi connectivity index (χ2n) is 5.07. The van der Waals surface area contributed by atoms with Gasteiger partial charge in [0, 0.05) is 19.6 Å². The van der Waals surface area contributed by atoms with E-state index in [0.717, 1.165) is 17.7 Å². The number of terminal acetylenes is 1. The molecule has 0 unspecified atom stereocenters. The lowest BCUT2D eigenvalue weighted by Crippen LogP contribution is -2.28. The molecular weight excluding hydrogens is 272 g/mol. The molecule has 110 valence electrons. The van der Waals surface area contributed by atoms with Crippen molar-refractivity contribution >= 4 is 10.0 Å². The molecule has 1 N–H and O–H groups in total. The number of nitrogens with zero attached hydrogens (tertiary/aromatic N) is 1. The van der Waals surface area contributed by atoms with Crippen molar-refractivity contribution in [1.29, 1.82) is 0 Å². The van der Waals surface area contributed by atoms with Crippen LogP contribution in [0.1, 0.15) is 25.0 Å². The number of hydrogen-bond acceptors (Lipinski definition) is 3. The maximum absolute atomic E-state index is 12.0. The van der Waals surface area contributed by atoms with Crippen LogP contribution in [0.3, 0.4) is 0 Å². The zero-order valence-corrected chi connectivity index (χ0v) is 13.1. The van der Waals surface area contributed by atoms with Crippen LogP contribution in [0.25, 0.3) is 0 Å². The van der Waals surface area contributed by atoms with Gasteiger partial charge in [0.05, 0.1) is 12.3 Å². The van der Waals surface area contributed by atoms with Crippen LogP contribution >= 0.6 is 0 Å². The first-order valence-electron chi connectivity index (χ1n) is 6.54. The fourth-order valence-electron chi connectivity index (χ4n) is 1.62. The summed E-state index contributed by atoms with van der Waals surface area (Å²) in [6.45, 7) is 5.05. The molecule has 0 spiro atoms. The third-order valence-electron chi connectivity index (χ3n) is 2.88. The Morgan fingerprint density at radius 1 is 1.25 bits per heavy atom. The van der Waals surface area contributed by atoms with Gasteiger partial charge in [-0.3, -0.25) is 0 Å². The van der Waals surface area contributed by atoms with Gasteiger partial charge in [-0.2, -0.15) is 4.31 Å². The molecule has 0 fully saturated rings. The summed E-state index contributed by atoms with van der Waals surface area (Å²) < 4.78 is 25.2. The first-order chi connectivity index (χ1) is 9.35. The molecule has 0 aliphatic heterocycles. The highest BCUT2D eigenvalue weighted by Crippen LogP contribution is 2.11. The van der Waals surface area contributed by atoms with Gasteiger partial charge in [0.25, 0.3) is 0 Å². The first kappa shape index (κ1) is 16.7. The van der Waals surface area contributed by atoms with Gasteiger partial charge >= 0.3 is 0 Å². The number of hydrogen-bond donors (Lipinski definition) is 1. The molecule has 0 saturated carbocycles. The van der Waals surface area contributed by atoms with Gasteiger partial charge < -0.3 is 5.32 Å². The van der Waals surface area contributed by atoms with Crippen molar-refractivity contribution in [2.75, 3.05) is 13.6 Å². The summed E-state index contributed by atoms with van der Waals surface area (Å²) in [6, 6.07) is 8.01. The lowest BCUT2D eigenvalue weighted by atomic mass is 10.1. The zero-order chi connectivity index (χ0) is 15.2. The van der Waals surface area contributed by atoms with Crippen molar-refractivity contribution in [3.8, 4) is 12.3 Å². The number of benzene rings is 1. The van der Waals surface area contributed by atoms with Crippen LogP contribution in [-0.2, 0) is 22.3 Å². The molecule has 1 rings (SSSR count). The Morgan fingerprint density at radius 3 is 2.30 bits per heavy atom. The fraction of sp³-hybridized carbons (Fsp3) is 0.467. The Balaban J connectivity index is 2.68. The van der Waals surface area contributed by atoms with Gasteiger partial charge in [-0.05, 0) is 11.1 Å². The van der Waals surface area contributed by atoms with Crippen LogP contribution in [0, 0.1) is 12.3 Å². The van der Waals surface area contributed by atoms with Crippen LogP contribution in [0.2, 0.25) is 0 Å². The predicted molar refractivity (Wildman–Crippen MR) is 82.5 cm³/mol. The van der Waals surface area contributed by atoms with E-state index < -0.39 is 10.0 Å². The molecule has 0 aromatic heterocycles. The third-order valence-corrected chi connectivity index (χ3v) is 4.65. The smallest absolute Gasteiger partial charge is 0.218 e. The second-order valence-corrected chi connectivity index (χ2v) is 7.14. The van der Waals surface area contributed by atoms with Crippen LogP contribution < -0.4 is 5.32 Å². The molecule has 0 saturated heterocycles. The zero-order valence-electron chi connectivity index (χ0n) is 12.3. The third kappa shape index (κ3) is 5.33. The van der Waals surface area contributed by atoms with Crippen LogP contribution in [0.15, 0.2) is 24.3 Å². The average Bonchev–Trinajstić information content (AvgIpc) is 2.37. The summed E-state index contributed by atoms with van der Waals surface area (Å²) in [5, 5.41) is 3.32. The summed E-state index contributed by atoms with van der Waals surface area (Å²) in [5.41, 5.74) is 1.90. The Morgan fingerprint density at radius 2 is 1.80 bits per heavy atom. The van der Waals surface area contributed by atoms with Crippen molar-refractivity contribution in [3.63, 3.8) is 0 Å². The molecule has 0 aliphatic rings. The molecule has 0 bridgehead atoms. The Labute approximate surface area is 122 Å². The highest BCUT2D eigenvalue weighted by Gasteiger charge is 2.17. The predicted octanol–water partition coefficient (Wildman–Crippen LogP) is 1.58. The van der Waals surface area contributed by atoms with E-state index in [2.05, 4.69) is 25.1 Å². The average molecular weight is 294 g/mol. The van der Waals surface area contributed by atoms with Gasteiger partial charge in [0.15, 0.2) is 0 Å². The minimum atomic E-state index is -3.34. The Bertz CT molecular complexity index is 557. The van der Waals surface area contributed by atoms with Gasteiger partial charge in [-0.1, -0.05) is 44.0 Å². The van der Waals surface area contributed by atoms with Crippen LogP contribution in [0.5, 0.6) is 0 Å². The first-order valence-corrected chi connectivity index (χ1v) is 8.14. The van der Waals surface area contributed by atoms with Crippen molar-refractivity contribution in [1.82, 2.24) is 9.62 Å². The standard InChI is InChI=1S/C15H22N2O2S/c1-5-10-17(4)20(18,19)12-15-8-6-14(7-9-15)11-16-13(2)3/h1,6-9,13,16H,10-12H2,2-4H3. The molecule has 0 atom stereocenters. The second kappa shape index (κ2) is 7.44. The van der Waals surface area contributed by atoms with E-state index in [0.29, 0.717) is 6.04 Å². The molecule has 1 aromatic carbocycles. The maximum Gasteiger partial charge on any atom is 0.218 e. The number of rotatable bonds is 7. The maximum atomic E-state index is 12.0. The normalized spacial score (nSPS) is 11.8. The lowest BCUT2D eigenvalue weighted by molar-refractivity contribution is 0.502. The summed E-state index contributed by atoms with van der Waals surface area (Å²) in [5.74, 6) is 2.31. The molecule has 4 nitrogen and oxygen atoms in total. The van der Waals surface area contributed by atoms with E-state index in [1.54, 1.807) is 0 Å². The van der Waals surface area contributed by atoms with E-state index in [1.165, 1.54) is 11.4 Å². The molecule has 5 heteroatoms. The van der Waals surface area contributed by atoms with Crippen molar-refractivity contribution in [3.05, 3.63) is 35.4 Å². The van der Waals surface area contributed by atoms with Crippen molar-refractivity contribution in [2.24, 2.45) is 0 Å². The number of nitrogens with one attached hydrogen (secondary N) is 1. The van der Waals surface area contributed by atoms with E-state index in [1.807, 2.05) is 24.3 Å².